The average Bonchev–Trinajstić information content (AvgIpc) is 3.26. The van der Waals surface area contributed by atoms with Crippen molar-refractivity contribution in [2.75, 3.05) is 26.3 Å². The van der Waals surface area contributed by atoms with E-state index >= 15 is 0 Å². The quantitative estimate of drug-likeness (QED) is 0.746. The van der Waals surface area contributed by atoms with Crippen LogP contribution in [0.25, 0.3) is 6.08 Å². The van der Waals surface area contributed by atoms with Gasteiger partial charge in [-0.05, 0) is 41.7 Å². The Morgan fingerprint density at radius 3 is 2.68 bits per heavy atom. The van der Waals surface area contributed by atoms with E-state index in [-0.39, 0.29) is 5.91 Å². The van der Waals surface area contributed by atoms with Gasteiger partial charge in [-0.25, -0.2) is 0 Å². The van der Waals surface area contributed by atoms with Crippen LogP contribution in [-0.2, 0) is 22.6 Å². The van der Waals surface area contributed by atoms with Crippen molar-refractivity contribution < 1.29 is 13.9 Å². The number of ether oxygens (including phenoxy) is 1. The first kappa shape index (κ1) is 19.0. The van der Waals surface area contributed by atoms with Gasteiger partial charge in [0, 0.05) is 38.2 Å². The number of carbonyl (C=O) groups is 1. The third-order valence-corrected chi connectivity index (χ3v) is 5.59. The van der Waals surface area contributed by atoms with Crippen LogP contribution in [0, 0.1) is 5.92 Å². The molecule has 2 atom stereocenters. The molecule has 1 saturated carbocycles. The van der Waals surface area contributed by atoms with Crippen LogP contribution in [-0.4, -0.2) is 37.1 Å². The van der Waals surface area contributed by atoms with Gasteiger partial charge in [-0.3, -0.25) is 9.69 Å². The Morgan fingerprint density at radius 1 is 1.18 bits per heavy atom. The van der Waals surface area contributed by atoms with Crippen LogP contribution in [0.15, 0.2) is 46.9 Å². The van der Waals surface area contributed by atoms with Gasteiger partial charge >= 0.3 is 0 Å². The summed E-state index contributed by atoms with van der Waals surface area (Å²) >= 11 is 0. The number of nitrogens with one attached hydrogen (secondary N) is 1. The van der Waals surface area contributed by atoms with Crippen molar-refractivity contribution >= 4 is 12.0 Å². The molecular weight excluding hydrogens is 352 g/mol. The number of furan rings is 1. The molecule has 1 N–H and O–H groups in total. The molecule has 148 valence electrons. The zero-order valence-corrected chi connectivity index (χ0v) is 16.4. The van der Waals surface area contributed by atoms with Crippen LogP contribution in [0.2, 0.25) is 0 Å². The molecule has 2 unspecified atom stereocenters. The van der Waals surface area contributed by atoms with Crippen molar-refractivity contribution in [2.24, 2.45) is 5.92 Å². The summed E-state index contributed by atoms with van der Waals surface area (Å²) in [6.07, 6.45) is 4.48. The largest absolute Gasteiger partial charge is 0.461 e. The highest BCUT2D eigenvalue weighted by atomic mass is 16.5. The molecule has 2 aliphatic rings. The van der Waals surface area contributed by atoms with E-state index < -0.39 is 0 Å². The smallest absolute Gasteiger partial charge is 0.244 e. The molecule has 0 spiro atoms. The summed E-state index contributed by atoms with van der Waals surface area (Å²) in [6, 6.07) is 12.2. The van der Waals surface area contributed by atoms with E-state index in [1.54, 1.807) is 12.2 Å². The van der Waals surface area contributed by atoms with Crippen molar-refractivity contribution in [3.8, 4) is 0 Å². The van der Waals surface area contributed by atoms with Crippen molar-refractivity contribution in [3.63, 3.8) is 0 Å². The molecule has 0 radical (unpaired) electrons. The monoisotopic (exact) mass is 380 g/mol. The summed E-state index contributed by atoms with van der Waals surface area (Å²) in [5.74, 6) is 2.92. The standard InChI is InChI=1S/C23H28N2O3/c1-17-14-21(17)22-8-6-20(28-22)7-9-23(26)24-15-18-4-2-3-5-19(18)16-25-10-12-27-13-11-25/h2-9,17,21H,10-16H2,1H3,(H,24,26). The second-order valence-electron chi connectivity index (χ2n) is 7.77. The first-order valence-electron chi connectivity index (χ1n) is 10.1. The summed E-state index contributed by atoms with van der Waals surface area (Å²) in [6.45, 7) is 7.12. The van der Waals surface area contributed by atoms with E-state index in [1.807, 2.05) is 18.2 Å². The zero-order valence-electron chi connectivity index (χ0n) is 16.4. The minimum atomic E-state index is -0.112. The summed E-state index contributed by atoms with van der Waals surface area (Å²) in [5.41, 5.74) is 2.40. The number of hydrogen-bond acceptors (Lipinski definition) is 4. The molecule has 2 fully saturated rings. The molecule has 1 saturated heterocycles. The third-order valence-electron chi connectivity index (χ3n) is 5.59. The van der Waals surface area contributed by atoms with Gasteiger partial charge in [-0.1, -0.05) is 31.2 Å². The van der Waals surface area contributed by atoms with Crippen LogP contribution >= 0.6 is 0 Å². The molecule has 2 aromatic rings. The Labute approximate surface area is 166 Å². The third kappa shape index (κ3) is 4.91. The van der Waals surface area contributed by atoms with Crippen LogP contribution in [0.4, 0.5) is 0 Å². The summed E-state index contributed by atoms with van der Waals surface area (Å²) < 4.78 is 11.2. The maximum Gasteiger partial charge on any atom is 0.244 e. The number of rotatable bonds is 7. The second kappa shape index (κ2) is 8.76. The topological polar surface area (TPSA) is 54.7 Å². The molecule has 4 rings (SSSR count). The molecule has 5 heteroatoms. The maximum absolute atomic E-state index is 12.2. The summed E-state index contributed by atoms with van der Waals surface area (Å²) in [4.78, 5) is 14.6. The van der Waals surface area contributed by atoms with E-state index in [0.717, 1.165) is 49.9 Å². The van der Waals surface area contributed by atoms with E-state index in [1.165, 1.54) is 12.0 Å². The fraction of sp³-hybridized carbons (Fsp3) is 0.435. The molecular formula is C23H28N2O3. The first-order chi connectivity index (χ1) is 13.7. The Bertz CT molecular complexity index is 836. The predicted molar refractivity (Wildman–Crippen MR) is 109 cm³/mol. The number of benzene rings is 1. The van der Waals surface area contributed by atoms with Crippen molar-refractivity contribution in [2.45, 2.75) is 32.4 Å². The second-order valence-corrected chi connectivity index (χ2v) is 7.77. The van der Waals surface area contributed by atoms with Crippen LogP contribution in [0.5, 0.6) is 0 Å². The maximum atomic E-state index is 12.2. The number of nitrogens with zero attached hydrogens (tertiary/aromatic N) is 1. The first-order valence-corrected chi connectivity index (χ1v) is 10.1. The van der Waals surface area contributed by atoms with Gasteiger partial charge in [0.2, 0.25) is 5.91 Å². The Hall–Kier alpha value is -2.37. The van der Waals surface area contributed by atoms with Gasteiger partial charge in [0.1, 0.15) is 11.5 Å². The van der Waals surface area contributed by atoms with Crippen molar-refractivity contribution in [3.05, 3.63) is 65.1 Å². The fourth-order valence-corrected chi connectivity index (χ4v) is 3.66. The molecule has 2 heterocycles. The number of morpholine rings is 1. The normalized spacial score (nSPS) is 22.5. The molecule has 1 aliphatic heterocycles. The number of amides is 1. The Balaban J connectivity index is 1.30. The highest BCUT2D eigenvalue weighted by molar-refractivity contribution is 5.91. The van der Waals surface area contributed by atoms with Gasteiger partial charge in [0.05, 0.1) is 13.2 Å². The predicted octanol–water partition coefficient (Wildman–Crippen LogP) is 3.56. The Morgan fingerprint density at radius 2 is 1.93 bits per heavy atom. The summed E-state index contributed by atoms with van der Waals surface area (Å²) in [7, 11) is 0. The Kier molecular flexibility index (Phi) is 5.93. The average molecular weight is 380 g/mol. The number of carbonyl (C=O) groups excluding carboxylic acids is 1. The van der Waals surface area contributed by atoms with Crippen molar-refractivity contribution in [1.29, 1.82) is 0 Å². The molecule has 0 bridgehead atoms. The van der Waals surface area contributed by atoms with Crippen LogP contribution < -0.4 is 5.32 Å². The molecule has 1 aromatic carbocycles. The molecule has 1 aromatic heterocycles. The van der Waals surface area contributed by atoms with E-state index in [2.05, 4.69) is 35.3 Å². The lowest BCUT2D eigenvalue weighted by molar-refractivity contribution is -0.116. The van der Waals surface area contributed by atoms with Crippen LogP contribution in [0.1, 0.15) is 41.9 Å². The highest BCUT2D eigenvalue weighted by Gasteiger charge is 2.36. The minimum absolute atomic E-state index is 0.112. The fourth-order valence-electron chi connectivity index (χ4n) is 3.66. The molecule has 1 amide bonds. The van der Waals surface area contributed by atoms with Crippen molar-refractivity contribution in [1.82, 2.24) is 10.2 Å². The molecule has 5 nitrogen and oxygen atoms in total. The van der Waals surface area contributed by atoms with Gasteiger partial charge in [0.25, 0.3) is 0 Å². The van der Waals surface area contributed by atoms with Crippen LogP contribution in [0.3, 0.4) is 0 Å². The van der Waals surface area contributed by atoms with E-state index in [0.29, 0.717) is 18.4 Å². The lowest BCUT2D eigenvalue weighted by Crippen LogP contribution is -2.36. The molecule has 1 aliphatic carbocycles. The van der Waals surface area contributed by atoms with Gasteiger partial charge < -0.3 is 14.5 Å². The van der Waals surface area contributed by atoms with E-state index in [9.17, 15) is 4.79 Å². The lowest BCUT2D eigenvalue weighted by Gasteiger charge is -2.27. The SMILES string of the molecule is CC1CC1c1ccc(C=CC(=O)NCc2ccccc2CN2CCOCC2)o1. The molecule has 28 heavy (non-hydrogen) atoms. The van der Waals surface area contributed by atoms with Gasteiger partial charge in [-0.2, -0.15) is 0 Å². The highest BCUT2D eigenvalue weighted by Crippen LogP contribution is 2.47. The lowest BCUT2D eigenvalue weighted by atomic mass is 10.1. The summed E-state index contributed by atoms with van der Waals surface area (Å²) in [5, 5.41) is 2.99. The van der Waals surface area contributed by atoms with Gasteiger partial charge in [0.15, 0.2) is 0 Å². The minimum Gasteiger partial charge on any atom is -0.461 e. The number of hydrogen-bond donors (Lipinski definition) is 1. The van der Waals surface area contributed by atoms with Gasteiger partial charge in [-0.15, -0.1) is 0 Å². The van der Waals surface area contributed by atoms with E-state index in [4.69, 9.17) is 9.15 Å². The zero-order chi connectivity index (χ0) is 19.3.